The fourth-order valence-electron chi connectivity index (χ4n) is 1.67. The molecule has 16 heavy (non-hydrogen) atoms. The van der Waals surface area contributed by atoms with Gasteiger partial charge in [0.25, 0.3) is 0 Å². The monoisotopic (exact) mass is 239 g/mol. The fraction of sp³-hybridized carbons (Fsp3) is 0.538. The topological polar surface area (TPSA) is 35.2 Å². The van der Waals surface area contributed by atoms with Crippen molar-refractivity contribution in [3.05, 3.63) is 34.9 Å². The van der Waals surface area contributed by atoms with Crippen molar-refractivity contribution in [3.63, 3.8) is 0 Å². The summed E-state index contributed by atoms with van der Waals surface area (Å²) < 4.78 is 5.01. The van der Waals surface area contributed by atoms with E-state index in [0.717, 1.165) is 18.1 Å². The van der Waals surface area contributed by atoms with Gasteiger partial charge >= 0.3 is 0 Å². The van der Waals surface area contributed by atoms with Crippen molar-refractivity contribution in [1.29, 1.82) is 0 Å². The van der Waals surface area contributed by atoms with E-state index < -0.39 is 0 Å². The van der Waals surface area contributed by atoms with E-state index in [9.17, 15) is 0 Å². The Hall–Kier alpha value is -0.510. The van der Waals surface area contributed by atoms with E-state index in [1.165, 1.54) is 16.7 Å². The third-order valence-corrected chi connectivity index (χ3v) is 3.45. The lowest BCUT2D eigenvalue weighted by molar-refractivity contribution is 0.218. The summed E-state index contributed by atoms with van der Waals surface area (Å²) in [5.41, 5.74) is 9.96. The summed E-state index contributed by atoms with van der Waals surface area (Å²) in [7, 11) is 1.73. The number of aryl methyl sites for hydroxylation is 2. The highest BCUT2D eigenvalue weighted by molar-refractivity contribution is 7.99. The Kier molecular flexibility index (Phi) is 5.88. The Bertz CT molecular complexity index is 307. The lowest BCUT2D eigenvalue weighted by atomic mass is 10.0. The summed E-state index contributed by atoms with van der Waals surface area (Å²) >= 11 is 1.84. The van der Waals surface area contributed by atoms with Gasteiger partial charge in [-0.25, -0.2) is 0 Å². The first kappa shape index (κ1) is 13.6. The molecular weight excluding hydrogens is 218 g/mol. The summed E-state index contributed by atoms with van der Waals surface area (Å²) in [5, 5.41) is 0. The predicted molar refractivity (Wildman–Crippen MR) is 72.0 cm³/mol. The lowest BCUT2D eigenvalue weighted by Gasteiger charge is -2.13. The Morgan fingerprint density at radius 2 is 1.88 bits per heavy atom. The summed E-state index contributed by atoms with van der Waals surface area (Å²) in [6.45, 7) is 5.02. The van der Waals surface area contributed by atoms with Crippen LogP contribution in [0.2, 0.25) is 0 Å². The van der Waals surface area contributed by atoms with E-state index >= 15 is 0 Å². The molecule has 1 unspecified atom stereocenters. The van der Waals surface area contributed by atoms with Crippen LogP contribution in [0.15, 0.2) is 18.2 Å². The minimum Gasteiger partial charge on any atom is -0.384 e. The van der Waals surface area contributed by atoms with Crippen molar-refractivity contribution in [2.24, 2.45) is 5.73 Å². The molecule has 1 aromatic carbocycles. The molecule has 0 bridgehead atoms. The average Bonchev–Trinajstić information content (AvgIpc) is 2.22. The second kappa shape index (κ2) is 6.94. The van der Waals surface area contributed by atoms with Gasteiger partial charge < -0.3 is 10.5 Å². The number of rotatable bonds is 6. The van der Waals surface area contributed by atoms with Gasteiger partial charge in [0.1, 0.15) is 0 Å². The third-order valence-electron chi connectivity index (χ3n) is 2.40. The Morgan fingerprint density at radius 1 is 1.25 bits per heavy atom. The van der Waals surface area contributed by atoms with Crippen molar-refractivity contribution in [1.82, 2.24) is 0 Å². The fourth-order valence-corrected chi connectivity index (χ4v) is 2.57. The van der Waals surface area contributed by atoms with Gasteiger partial charge in [0.15, 0.2) is 0 Å². The van der Waals surface area contributed by atoms with E-state index in [0.29, 0.717) is 0 Å². The van der Waals surface area contributed by atoms with Crippen molar-refractivity contribution in [2.45, 2.75) is 19.9 Å². The van der Waals surface area contributed by atoms with Crippen molar-refractivity contribution in [2.75, 3.05) is 25.2 Å². The van der Waals surface area contributed by atoms with Crippen molar-refractivity contribution < 1.29 is 4.74 Å². The quantitative estimate of drug-likeness (QED) is 0.775. The van der Waals surface area contributed by atoms with Crippen LogP contribution in [0, 0.1) is 13.8 Å². The molecule has 0 saturated heterocycles. The minimum atomic E-state index is 0.125. The highest BCUT2D eigenvalue weighted by Crippen LogP contribution is 2.18. The van der Waals surface area contributed by atoms with E-state index in [2.05, 4.69) is 32.0 Å². The molecule has 0 aliphatic carbocycles. The maximum Gasteiger partial charge on any atom is 0.0552 e. The normalized spacial score (nSPS) is 12.8. The molecule has 1 rings (SSSR count). The SMILES string of the molecule is COCCSCC(N)c1cc(C)cc(C)c1. The first-order chi connectivity index (χ1) is 7.63. The van der Waals surface area contributed by atoms with Crippen LogP contribution < -0.4 is 5.73 Å². The molecular formula is C13H21NOS. The number of benzene rings is 1. The van der Waals surface area contributed by atoms with Gasteiger partial charge in [0.05, 0.1) is 6.61 Å². The molecule has 1 atom stereocenters. The van der Waals surface area contributed by atoms with Gasteiger partial charge in [0, 0.05) is 24.7 Å². The molecule has 3 heteroatoms. The maximum atomic E-state index is 6.15. The van der Waals surface area contributed by atoms with Crippen LogP contribution >= 0.6 is 11.8 Å². The predicted octanol–water partition coefficient (Wildman–Crippen LogP) is 2.68. The van der Waals surface area contributed by atoms with E-state index in [1.807, 2.05) is 11.8 Å². The zero-order valence-corrected chi connectivity index (χ0v) is 11.1. The molecule has 0 radical (unpaired) electrons. The van der Waals surface area contributed by atoms with E-state index in [1.54, 1.807) is 7.11 Å². The largest absolute Gasteiger partial charge is 0.384 e. The zero-order chi connectivity index (χ0) is 12.0. The number of hydrogen-bond acceptors (Lipinski definition) is 3. The summed E-state index contributed by atoms with van der Waals surface area (Å²) in [6, 6.07) is 6.65. The number of nitrogens with two attached hydrogens (primary N) is 1. The van der Waals surface area contributed by atoms with Crippen molar-refractivity contribution in [3.8, 4) is 0 Å². The second-order valence-electron chi connectivity index (χ2n) is 4.10. The van der Waals surface area contributed by atoms with Crippen LogP contribution in [0.25, 0.3) is 0 Å². The molecule has 0 fully saturated rings. The second-order valence-corrected chi connectivity index (χ2v) is 5.25. The number of ether oxygens (including phenoxy) is 1. The lowest BCUT2D eigenvalue weighted by Crippen LogP contribution is -2.14. The summed E-state index contributed by atoms with van der Waals surface area (Å²) in [5.74, 6) is 1.96. The molecule has 90 valence electrons. The summed E-state index contributed by atoms with van der Waals surface area (Å²) in [6.07, 6.45) is 0. The molecule has 0 spiro atoms. The molecule has 0 aromatic heterocycles. The highest BCUT2D eigenvalue weighted by atomic mass is 32.2. The molecule has 0 aliphatic rings. The Balaban J connectivity index is 2.48. The molecule has 1 aromatic rings. The van der Waals surface area contributed by atoms with Crippen LogP contribution in [0.4, 0.5) is 0 Å². The molecule has 0 amide bonds. The first-order valence-electron chi connectivity index (χ1n) is 5.54. The summed E-state index contributed by atoms with van der Waals surface area (Å²) in [4.78, 5) is 0. The zero-order valence-electron chi connectivity index (χ0n) is 10.3. The van der Waals surface area contributed by atoms with E-state index in [-0.39, 0.29) is 6.04 Å². The molecule has 0 aliphatic heterocycles. The molecule has 0 heterocycles. The molecule has 2 nitrogen and oxygen atoms in total. The van der Waals surface area contributed by atoms with Crippen LogP contribution in [0.3, 0.4) is 0 Å². The highest BCUT2D eigenvalue weighted by Gasteiger charge is 2.06. The van der Waals surface area contributed by atoms with Gasteiger partial charge in [0.2, 0.25) is 0 Å². The van der Waals surface area contributed by atoms with Crippen LogP contribution in [-0.4, -0.2) is 25.2 Å². The first-order valence-corrected chi connectivity index (χ1v) is 6.69. The maximum absolute atomic E-state index is 6.15. The third kappa shape index (κ3) is 4.56. The van der Waals surface area contributed by atoms with Gasteiger partial charge in [-0.1, -0.05) is 29.3 Å². The minimum absolute atomic E-state index is 0.125. The van der Waals surface area contributed by atoms with Crippen LogP contribution in [0.5, 0.6) is 0 Å². The van der Waals surface area contributed by atoms with E-state index in [4.69, 9.17) is 10.5 Å². The number of thioether (sulfide) groups is 1. The van der Waals surface area contributed by atoms with Gasteiger partial charge in [-0.2, -0.15) is 11.8 Å². The Labute approximate surface area is 103 Å². The van der Waals surface area contributed by atoms with Crippen LogP contribution in [-0.2, 0) is 4.74 Å². The number of methoxy groups -OCH3 is 1. The molecule has 0 saturated carbocycles. The molecule has 2 N–H and O–H groups in total. The Morgan fingerprint density at radius 3 is 2.44 bits per heavy atom. The van der Waals surface area contributed by atoms with Crippen molar-refractivity contribution >= 4 is 11.8 Å². The smallest absolute Gasteiger partial charge is 0.0552 e. The van der Waals surface area contributed by atoms with Gasteiger partial charge in [-0.15, -0.1) is 0 Å². The number of hydrogen-bond donors (Lipinski definition) is 1. The standard InChI is InChI=1S/C13H21NOS/c1-10-6-11(2)8-12(7-10)13(14)9-16-5-4-15-3/h6-8,13H,4-5,9,14H2,1-3H3. The van der Waals surface area contributed by atoms with Gasteiger partial charge in [-0.05, 0) is 19.4 Å². The van der Waals surface area contributed by atoms with Crippen LogP contribution in [0.1, 0.15) is 22.7 Å². The average molecular weight is 239 g/mol. The van der Waals surface area contributed by atoms with Gasteiger partial charge in [-0.3, -0.25) is 0 Å².